The zero-order valence-corrected chi connectivity index (χ0v) is 17.5. The van der Waals surface area contributed by atoms with Crippen LogP contribution in [0.3, 0.4) is 0 Å². The molecule has 1 aliphatic rings. The van der Waals surface area contributed by atoms with Crippen molar-refractivity contribution in [1.29, 1.82) is 0 Å². The molecule has 0 radical (unpaired) electrons. The highest BCUT2D eigenvalue weighted by atomic mass is 127. The summed E-state index contributed by atoms with van der Waals surface area (Å²) in [5, 5.41) is 9.18. The molecule has 0 amide bonds. The maximum absolute atomic E-state index is 11.2. The number of carbonyl (C=O) groups is 1. The van der Waals surface area contributed by atoms with Gasteiger partial charge < -0.3 is 5.11 Å². The minimum atomic E-state index is -0.643. The molecular formula is C7H7I5O2. The van der Waals surface area contributed by atoms with Crippen LogP contribution in [-0.2, 0) is 4.79 Å². The molecule has 0 heterocycles. The molecule has 0 aromatic rings. The minimum Gasteiger partial charge on any atom is -0.481 e. The molecule has 1 aliphatic carbocycles. The number of halogens is 5. The summed E-state index contributed by atoms with van der Waals surface area (Å²) in [7, 11) is 0. The molecule has 0 aromatic carbocycles. The van der Waals surface area contributed by atoms with Gasteiger partial charge in [-0.25, -0.2) is 0 Å². The van der Waals surface area contributed by atoms with E-state index in [9.17, 15) is 9.90 Å². The summed E-state index contributed by atoms with van der Waals surface area (Å²) >= 11 is 11.8. The summed E-state index contributed by atoms with van der Waals surface area (Å²) in [5.41, 5.74) is 0. The highest BCUT2D eigenvalue weighted by Crippen LogP contribution is 2.45. The highest BCUT2D eigenvalue weighted by Gasteiger charge is 2.49. The first-order valence-electron chi connectivity index (χ1n) is 3.81. The number of alkyl halides is 5. The Labute approximate surface area is 151 Å². The molecule has 0 aliphatic heterocycles. The minimum absolute atomic E-state index is 0.203. The molecule has 4 atom stereocenters. The van der Waals surface area contributed by atoms with Crippen molar-refractivity contribution in [2.45, 2.75) is 19.6 Å². The van der Waals surface area contributed by atoms with Gasteiger partial charge >= 0.3 is 5.97 Å². The van der Waals surface area contributed by atoms with Gasteiger partial charge in [0.05, 0.1) is 5.92 Å². The third-order valence-corrected chi connectivity index (χ3v) is 15.4. The summed E-state index contributed by atoms with van der Waals surface area (Å²) in [5.74, 6) is -0.846. The molecule has 82 valence electrons. The van der Waals surface area contributed by atoms with Crippen LogP contribution in [0, 0.1) is 5.92 Å². The van der Waals surface area contributed by atoms with Crippen LogP contribution >= 0.6 is 113 Å². The zero-order valence-electron chi connectivity index (χ0n) is 6.71. The summed E-state index contributed by atoms with van der Waals surface area (Å²) < 4.78 is 1.93. The lowest BCUT2D eigenvalue weighted by atomic mass is 9.89. The molecule has 1 N–H and O–H groups in total. The normalized spacial score (nSPS) is 48.9. The quantitative estimate of drug-likeness (QED) is 0.328. The van der Waals surface area contributed by atoms with Gasteiger partial charge in [-0.05, 0) is 0 Å². The Morgan fingerprint density at radius 1 is 0.786 bits per heavy atom. The first-order chi connectivity index (χ1) is 6.37. The molecular weight excluding hydrogens is 751 g/mol. The van der Waals surface area contributed by atoms with Crippen molar-refractivity contribution in [2.24, 2.45) is 5.92 Å². The lowest BCUT2D eigenvalue weighted by Gasteiger charge is -2.40. The van der Waals surface area contributed by atoms with E-state index < -0.39 is 5.97 Å². The van der Waals surface area contributed by atoms with E-state index in [0.29, 0.717) is 11.8 Å². The standard InChI is InChI=1S/C7H7I5O2/c8-2-1(7(13)14)3(9)5(11)6(12)4(2)10/h1-6H,(H,13,14). The fourth-order valence-corrected chi connectivity index (χ4v) is 9.64. The Hall–Kier alpha value is 3.12. The van der Waals surface area contributed by atoms with Gasteiger partial charge in [0, 0.05) is 19.6 Å². The second-order valence-electron chi connectivity index (χ2n) is 3.09. The molecule has 1 saturated carbocycles. The molecule has 1 rings (SSSR count). The Bertz CT molecular complexity index is 220. The van der Waals surface area contributed by atoms with Gasteiger partial charge in [-0.1, -0.05) is 113 Å². The van der Waals surface area contributed by atoms with Crippen LogP contribution in [-0.4, -0.2) is 30.7 Å². The number of hydrogen-bond donors (Lipinski definition) is 1. The monoisotopic (exact) mass is 758 g/mol. The van der Waals surface area contributed by atoms with Crippen LogP contribution in [0.1, 0.15) is 0 Å². The van der Waals surface area contributed by atoms with Crippen molar-refractivity contribution in [3.8, 4) is 0 Å². The molecule has 1 fully saturated rings. The van der Waals surface area contributed by atoms with Gasteiger partial charge in [0.15, 0.2) is 0 Å². The molecule has 7 heteroatoms. The molecule has 0 spiro atoms. The van der Waals surface area contributed by atoms with Crippen molar-refractivity contribution in [1.82, 2.24) is 0 Å². The van der Waals surface area contributed by atoms with Gasteiger partial charge in [-0.3, -0.25) is 4.79 Å². The highest BCUT2D eigenvalue weighted by molar-refractivity contribution is 14.1. The predicted molar refractivity (Wildman–Crippen MR) is 100 cm³/mol. The van der Waals surface area contributed by atoms with Crippen LogP contribution in [0.4, 0.5) is 0 Å². The number of hydrogen-bond acceptors (Lipinski definition) is 1. The summed E-state index contributed by atoms with van der Waals surface area (Å²) in [6, 6.07) is 0. The van der Waals surface area contributed by atoms with Crippen LogP contribution in [0.2, 0.25) is 0 Å². The van der Waals surface area contributed by atoms with Crippen molar-refractivity contribution < 1.29 is 9.90 Å². The van der Waals surface area contributed by atoms with E-state index >= 15 is 0 Å². The van der Waals surface area contributed by atoms with E-state index in [1.165, 1.54) is 0 Å². The number of aliphatic carboxylic acids is 1. The summed E-state index contributed by atoms with van der Waals surface area (Å²) in [4.78, 5) is 11.2. The molecule has 4 unspecified atom stereocenters. The molecule has 0 saturated heterocycles. The summed E-state index contributed by atoms with van der Waals surface area (Å²) in [6.07, 6.45) is 0. The predicted octanol–water partition coefficient (Wildman–Crippen LogP) is 3.72. The second-order valence-corrected chi connectivity index (χ2v) is 10.3. The van der Waals surface area contributed by atoms with Crippen molar-refractivity contribution in [3.63, 3.8) is 0 Å². The molecule has 0 aromatic heterocycles. The largest absolute Gasteiger partial charge is 0.481 e. The van der Waals surface area contributed by atoms with E-state index in [0.717, 1.165) is 0 Å². The first-order valence-corrected chi connectivity index (χ1v) is 10.0. The first kappa shape index (κ1) is 15.2. The lowest BCUT2D eigenvalue weighted by Crippen LogP contribution is -2.52. The third kappa shape index (κ3) is 3.11. The zero-order chi connectivity index (χ0) is 11.0. The van der Waals surface area contributed by atoms with E-state index in [1.807, 2.05) is 0 Å². The Balaban J connectivity index is 2.92. The van der Waals surface area contributed by atoms with Crippen LogP contribution in [0.5, 0.6) is 0 Å². The molecule has 14 heavy (non-hydrogen) atoms. The SMILES string of the molecule is O=C(O)C1C(I)C(I)C(I)C(I)C1I. The second kappa shape index (κ2) is 6.33. The van der Waals surface area contributed by atoms with E-state index in [1.54, 1.807) is 0 Å². The fraction of sp³-hybridized carbons (Fsp3) is 0.857. The number of rotatable bonds is 1. The van der Waals surface area contributed by atoms with Crippen molar-refractivity contribution in [2.75, 3.05) is 0 Å². The Morgan fingerprint density at radius 2 is 1.07 bits per heavy atom. The maximum Gasteiger partial charge on any atom is 0.308 e. The van der Waals surface area contributed by atoms with Gasteiger partial charge in [-0.15, -0.1) is 0 Å². The van der Waals surface area contributed by atoms with Gasteiger partial charge in [0.25, 0.3) is 0 Å². The van der Waals surface area contributed by atoms with E-state index in [4.69, 9.17) is 0 Å². The topological polar surface area (TPSA) is 37.3 Å². The smallest absolute Gasteiger partial charge is 0.308 e. The molecule has 2 nitrogen and oxygen atoms in total. The third-order valence-electron chi connectivity index (χ3n) is 2.19. The average Bonchev–Trinajstić information content (AvgIpc) is 2.11. The van der Waals surface area contributed by atoms with Crippen molar-refractivity contribution in [3.05, 3.63) is 0 Å². The average molecular weight is 758 g/mol. The number of carboxylic acids is 1. The fourth-order valence-electron chi connectivity index (χ4n) is 1.37. The van der Waals surface area contributed by atoms with Crippen LogP contribution in [0.15, 0.2) is 0 Å². The van der Waals surface area contributed by atoms with E-state index in [2.05, 4.69) is 113 Å². The van der Waals surface area contributed by atoms with Gasteiger partial charge in [0.1, 0.15) is 0 Å². The lowest BCUT2D eigenvalue weighted by molar-refractivity contribution is -0.141. The van der Waals surface area contributed by atoms with E-state index in [-0.39, 0.29) is 13.8 Å². The van der Waals surface area contributed by atoms with Crippen LogP contribution in [0.25, 0.3) is 0 Å². The molecule has 0 bridgehead atoms. The number of carboxylic acid groups (broad SMARTS) is 1. The van der Waals surface area contributed by atoms with Gasteiger partial charge in [0.2, 0.25) is 0 Å². The Morgan fingerprint density at radius 3 is 1.36 bits per heavy atom. The van der Waals surface area contributed by atoms with Crippen molar-refractivity contribution >= 4 is 119 Å². The Kier molecular flexibility index (Phi) is 6.87. The maximum atomic E-state index is 11.2. The summed E-state index contributed by atoms with van der Waals surface area (Å²) in [6.45, 7) is 0. The van der Waals surface area contributed by atoms with Crippen LogP contribution < -0.4 is 0 Å². The van der Waals surface area contributed by atoms with Gasteiger partial charge in [-0.2, -0.15) is 0 Å².